The number of amides is 1. The van der Waals surface area contributed by atoms with Gasteiger partial charge in [-0.15, -0.1) is 0 Å². The molecule has 0 aromatic heterocycles. The number of nitrogens with one attached hydrogen (secondary N) is 1. The van der Waals surface area contributed by atoms with Gasteiger partial charge in [-0.05, 0) is 42.3 Å². The molecular weight excluding hydrogens is 713 g/mol. The smallest absolute Gasteiger partial charge is 0.374 e. The fourth-order valence-corrected chi connectivity index (χ4v) is 6.88. The molecule has 4 rings (SSSR count). The topological polar surface area (TPSA) is 91.3 Å². The number of carbonyl (C=O) groups is 1. The molecule has 0 aliphatic carbocycles. The van der Waals surface area contributed by atoms with Crippen molar-refractivity contribution < 1.29 is 62.0 Å². The van der Waals surface area contributed by atoms with Crippen LogP contribution in [0.1, 0.15) is 33.5 Å². The summed E-state index contributed by atoms with van der Waals surface area (Å²) in [5.41, 5.74) is -3.60. The number of benzene rings is 2. The second-order valence-corrected chi connectivity index (χ2v) is 13.2. The van der Waals surface area contributed by atoms with E-state index in [0.717, 1.165) is 0 Å². The van der Waals surface area contributed by atoms with Gasteiger partial charge in [0.05, 0.1) is 21.8 Å². The Balaban J connectivity index is 1.45. The minimum atomic E-state index is -5.26. The van der Waals surface area contributed by atoms with Crippen molar-refractivity contribution in [1.82, 2.24) is 13.9 Å². The molecule has 8 nitrogen and oxygen atoms in total. The normalized spacial score (nSPS) is 20.0. The number of rotatable bonds is 8. The number of hydrogen-bond acceptors (Lipinski definition) is 5. The predicted octanol–water partition coefficient (Wildman–Crippen LogP) is 6.11. The Morgan fingerprint density at radius 1 is 1.02 bits per heavy atom. The van der Waals surface area contributed by atoms with Crippen LogP contribution >= 0.6 is 23.2 Å². The van der Waals surface area contributed by atoms with Gasteiger partial charge in [-0.25, -0.2) is 4.39 Å². The summed E-state index contributed by atoms with van der Waals surface area (Å²) < 4.78 is 158. The van der Waals surface area contributed by atoms with E-state index in [0.29, 0.717) is 16.4 Å². The number of oxime groups is 1. The zero-order valence-electron chi connectivity index (χ0n) is 22.9. The van der Waals surface area contributed by atoms with Crippen LogP contribution < -0.4 is 5.32 Å². The van der Waals surface area contributed by atoms with Crippen molar-refractivity contribution in [2.45, 2.75) is 43.5 Å². The van der Waals surface area contributed by atoms with Gasteiger partial charge in [0.1, 0.15) is 13.1 Å². The second-order valence-electron chi connectivity index (χ2n) is 10.4. The molecule has 2 heterocycles. The number of hydrogen-bond donors (Lipinski definition) is 1. The molecule has 1 fully saturated rings. The van der Waals surface area contributed by atoms with Crippen molar-refractivity contribution in [2.24, 2.45) is 5.16 Å². The lowest BCUT2D eigenvalue weighted by molar-refractivity contribution is -0.275. The fraction of sp³-hybridized carbons (Fsp3) is 0.440. The molecule has 0 bridgehead atoms. The van der Waals surface area contributed by atoms with Crippen LogP contribution in [0.2, 0.25) is 10.0 Å². The molecule has 1 unspecified atom stereocenters. The molecule has 2 aliphatic heterocycles. The van der Waals surface area contributed by atoms with E-state index in [1.807, 2.05) is 0 Å². The highest BCUT2D eigenvalue weighted by atomic mass is 35.5. The molecule has 0 spiro atoms. The van der Waals surface area contributed by atoms with Crippen LogP contribution in [0.3, 0.4) is 0 Å². The first-order valence-electron chi connectivity index (χ1n) is 12.7. The van der Waals surface area contributed by atoms with Gasteiger partial charge in [-0.2, -0.15) is 56.5 Å². The summed E-state index contributed by atoms with van der Waals surface area (Å²) in [6, 6.07) is 4.20. The molecule has 21 heteroatoms. The molecule has 1 N–H and O–H groups in total. The zero-order chi connectivity index (χ0) is 34.6. The van der Waals surface area contributed by atoms with Crippen molar-refractivity contribution in [3.8, 4) is 0 Å². The molecule has 2 aromatic rings. The van der Waals surface area contributed by atoms with E-state index < -0.39 is 105 Å². The SMILES string of the molecule is Cc1cc(C2=NOC(c3cc(Cl)c(F)c(Cl)c3)(C(F)(F)F)C2)ccc1C(=O)NC1CN(S(=O)(=O)N(CC(F)(F)F)CC(F)(F)F)C1. The Morgan fingerprint density at radius 3 is 2.04 bits per heavy atom. The Morgan fingerprint density at radius 2 is 1.57 bits per heavy atom. The molecule has 1 amide bonds. The number of halogens is 12. The van der Waals surface area contributed by atoms with Gasteiger partial charge < -0.3 is 10.2 Å². The van der Waals surface area contributed by atoms with E-state index in [4.69, 9.17) is 28.0 Å². The molecule has 46 heavy (non-hydrogen) atoms. The lowest BCUT2D eigenvalue weighted by Crippen LogP contribution is -2.64. The Hall–Kier alpha value is -2.87. The molecule has 0 radical (unpaired) electrons. The molecule has 2 aromatic carbocycles. The minimum absolute atomic E-state index is 0.0282. The number of aryl methyl sites for hydroxylation is 1. The third-order valence-corrected chi connectivity index (χ3v) is 9.40. The molecular formula is C25H20Cl2F10N4O4S. The maximum Gasteiger partial charge on any atom is 0.435 e. The summed E-state index contributed by atoms with van der Waals surface area (Å²) in [4.78, 5) is 17.7. The highest BCUT2D eigenvalue weighted by Gasteiger charge is 2.62. The van der Waals surface area contributed by atoms with Gasteiger partial charge in [0, 0.05) is 30.6 Å². The van der Waals surface area contributed by atoms with E-state index >= 15 is 0 Å². The van der Waals surface area contributed by atoms with Gasteiger partial charge in [-0.3, -0.25) is 4.79 Å². The molecule has 254 valence electrons. The Kier molecular flexibility index (Phi) is 9.62. The molecule has 2 aliphatic rings. The summed E-state index contributed by atoms with van der Waals surface area (Å²) in [5, 5.41) is 4.61. The Bertz CT molecular complexity index is 1620. The Labute approximate surface area is 264 Å². The van der Waals surface area contributed by atoms with Crippen LogP contribution in [-0.2, 0) is 20.6 Å². The number of nitrogens with zero attached hydrogens (tertiary/aromatic N) is 3. The first kappa shape index (κ1) is 36.0. The van der Waals surface area contributed by atoms with Gasteiger partial charge >= 0.3 is 18.5 Å². The largest absolute Gasteiger partial charge is 0.435 e. The van der Waals surface area contributed by atoms with Gasteiger partial charge in [0.15, 0.2) is 5.82 Å². The maximum absolute atomic E-state index is 14.3. The zero-order valence-corrected chi connectivity index (χ0v) is 25.2. The second kappa shape index (κ2) is 12.3. The molecule has 1 atom stereocenters. The third-order valence-electron chi connectivity index (χ3n) is 6.99. The first-order valence-corrected chi connectivity index (χ1v) is 14.9. The van der Waals surface area contributed by atoms with Crippen LogP contribution in [0.15, 0.2) is 35.5 Å². The standard InChI is InChI=1S/C25H20Cl2F10N4O4S/c1-12-4-13(19-7-22(45-39-19,25(35,36)37)14-5-17(26)20(28)18(27)6-14)2-3-16(12)21(42)38-15-8-40(9-15)46(43,44)41(10-23(29,30)31)11-24(32,33)34/h2-6,15H,7-11H2,1H3,(H,38,42). The quantitative estimate of drug-likeness (QED) is 0.262. The summed E-state index contributed by atoms with van der Waals surface area (Å²) in [6.45, 7) is -4.58. The van der Waals surface area contributed by atoms with E-state index in [1.165, 1.54) is 25.1 Å². The van der Waals surface area contributed by atoms with Gasteiger partial charge in [-0.1, -0.05) is 34.4 Å². The van der Waals surface area contributed by atoms with E-state index in [1.54, 1.807) is 0 Å². The molecule has 0 saturated carbocycles. The summed E-state index contributed by atoms with van der Waals surface area (Å²) in [6.07, 6.45) is -16.5. The van der Waals surface area contributed by atoms with Crippen molar-refractivity contribution in [1.29, 1.82) is 0 Å². The fourth-order valence-electron chi connectivity index (χ4n) is 4.71. The van der Waals surface area contributed by atoms with E-state index in [2.05, 4.69) is 10.5 Å². The summed E-state index contributed by atoms with van der Waals surface area (Å²) >= 11 is 11.4. The van der Waals surface area contributed by atoms with Crippen molar-refractivity contribution in [2.75, 3.05) is 26.2 Å². The summed E-state index contributed by atoms with van der Waals surface area (Å²) in [5.74, 6) is -1.94. The van der Waals surface area contributed by atoms with Gasteiger partial charge in [0.25, 0.3) is 21.7 Å². The van der Waals surface area contributed by atoms with Crippen LogP contribution in [0.25, 0.3) is 0 Å². The van der Waals surface area contributed by atoms with Crippen molar-refractivity contribution >= 4 is 45.0 Å². The number of carbonyl (C=O) groups excluding carboxylic acids is 1. The number of alkyl halides is 9. The first-order chi connectivity index (χ1) is 20.9. The van der Waals surface area contributed by atoms with Crippen LogP contribution in [-0.4, -0.2) is 79.4 Å². The van der Waals surface area contributed by atoms with E-state index in [9.17, 15) is 57.1 Å². The van der Waals surface area contributed by atoms with Gasteiger partial charge in [0.2, 0.25) is 0 Å². The molecule has 1 saturated heterocycles. The lowest BCUT2D eigenvalue weighted by Gasteiger charge is -2.41. The van der Waals surface area contributed by atoms with Crippen LogP contribution in [0.5, 0.6) is 0 Å². The maximum atomic E-state index is 14.3. The average molecular weight is 733 g/mol. The van der Waals surface area contributed by atoms with Crippen LogP contribution in [0.4, 0.5) is 43.9 Å². The van der Waals surface area contributed by atoms with Crippen molar-refractivity contribution in [3.05, 3.63) is 68.4 Å². The lowest BCUT2D eigenvalue weighted by atomic mass is 9.86. The predicted molar refractivity (Wildman–Crippen MR) is 143 cm³/mol. The van der Waals surface area contributed by atoms with E-state index in [-0.39, 0.29) is 22.4 Å². The monoisotopic (exact) mass is 732 g/mol. The third kappa shape index (κ3) is 7.48. The highest BCUT2D eigenvalue weighted by Crippen LogP contribution is 2.50. The highest BCUT2D eigenvalue weighted by molar-refractivity contribution is 7.86. The summed E-state index contributed by atoms with van der Waals surface area (Å²) in [7, 11) is -5.20. The van der Waals surface area contributed by atoms with Crippen molar-refractivity contribution in [3.63, 3.8) is 0 Å². The minimum Gasteiger partial charge on any atom is -0.374 e. The average Bonchev–Trinajstić information content (AvgIpc) is 3.34. The van der Waals surface area contributed by atoms with Crippen LogP contribution in [0, 0.1) is 12.7 Å².